The van der Waals surface area contributed by atoms with Crippen molar-refractivity contribution in [3.8, 4) is 6.01 Å². The van der Waals surface area contributed by atoms with Crippen LogP contribution >= 0.6 is 0 Å². The number of aromatic amines is 1. The van der Waals surface area contributed by atoms with E-state index in [4.69, 9.17) is 14.0 Å². The molecule has 1 N–H and O–H groups in total. The van der Waals surface area contributed by atoms with Gasteiger partial charge in [0, 0.05) is 18.9 Å². The molecule has 2 aromatic heterocycles. The van der Waals surface area contributed by atoms with Gasteiger partial charge < -0.3 is 14.0 Å². The minimum atomic E-state index is -0.508. The third-order valence-electron chi connectivity index (χ3n) is 5.55. The van der Waals surface area contributed by atoms with Gasteiger partial charge in [0.2, 0.25) is 5.71 Å². The zero-order valence-corrected chi connectivity index (χ0v) is 15.9. The maximum atomic E-state index is 12.6. The Balaban J connectivity index is 1.57. The number of nitrogens with one attached hydrogen (secondary N) is 1. The lowest BCUT2D eigenvalue weighted by Crippen LogP contribution is -2.17. The van der Waals surface area contributed by atoms with Crippen LogP contribution in [-0.4, -0.2) is 28.9 Å². The number of oxime groups is 1. The Morgan fingerprint density at radius 2 is 1.96 bits per heavy atom. The van der Waals surface area contributed by atoms with Crippen molar-refractivity contribution in [1.82, 2.24) is 9.97 Å². The lowest BCUT2D eigenvalue weighted by Gasteiger charge is -2.21. The van der Waals surface area contributed by atoms with Gasteiger partial charge in [-0.1, -0.05) is 37.3 Å². The molecule has 4 rings (SSSR count). The van der Waals surface area contributed by atoms with Crippen LogP contribution in [0.5, 0.6) is 6.01 Å². The van der Waals surface area contributed by atoms with Crippen molar-refractivity contribution in [2.75, 3.05) is 13.2 Å². The van der Waals surface area contributed by atoms with Crippen LogP contribution in [0.2, 0.25) is 0 Å². The summed E-state index contributed by atoms with van der Waals surface area (Å²) in [6.45, 7) is 1.20. The summed E-state index contributed by atoms with van der Waals surface area (Å²) < 4.78 is 10.4. The molecule has 1 saturated carbocycles. The van der Waals surface area contributed by atoms with Gasteiger partial charge in [-0.25, -0.2) is 4.79 Å². The molecule has 8 nitrogen and oxygen atoms in total. The number of fused-ring (bicyclic) bond motifs is 1. The van der Waals surface area contributed by atoms with Gasteiger partial charge in [-0.15, -0.1) is 0 Å². The number of H-pyrrole nitrogens is 1. The molecule has 0 aromatic carbocycles. The Morgan fingerprint density at radius 1 is 1.18 bits per heavy atom. The molecule has 2 fully saturated rings. The minimum absolute atomic E-state index is 0.00271. The number of ether oxygens (including phenoxy) is 1. The van der Waals surface area contributed by atoms with Crippen molar-refractivity contribution >= 4 is 16.8 Å². The van der Waals surface area contributed by atoms with Crippen molar-refractivity contribution in [2.24, 2.45) is 11.1 Å². The van der Waals surface area contributed by atoms with Crippen LogP contribution in [0.1, 0.15) is 56.9 Å². The van der Waals surface area contributed by atoms with Crippen LogP contribution in [0, 0.1) is 5.92 Å². The van der Waals surface area contributed by atoms with Crippen LogP contribution < -0.4 is 16.0 Å². The number of aryl methyl sites for hydroxylation is 1. The average Bonchev–Trinajstić information content (AvgIpc) is 2.71. The second-order valence-electron chi connectivity index (χ2n) is 7.55. The SMILES string of the molecule is O=c1cc(CCC2CCCCC2)c2c(=O)[nH]c(ON=C3CCOCC3)nc2o1. The summed E-state index contributed by atoms with van der Waals surface area (Å²) in [5, 5.41) is 4.35. The van der Waals surface area contributed by atoms with Gasteiger partial charge in [-0.3, -0.25) is 9.78 Å². The van der Waals surface area contributed by atoms with E-state index in [2.05, 4.69) is 15.1 Å². The molecule has 0 spiro atoms. The summed E-state index contributed by atoms with van der Waals surface area (Å²) in [6.07, 6.45) is 9.26. The third-order valence-corrected chi connectivity index (χ3v) is 5.55. The fourth-order valence-electron chi connectivity index (χ4n) is 4.01. The fourth-order valence-corrected chi connectivity index (χ4v) is 4.01. The highest BCUT2D eigenvalue weighted by atomic mass is 16.6. The molecule has 3 heterocycles. The summed E-state index contributed by atoms with van der Waals surface area (Å²) in [5.74, 6) is 0.654. The normalized spacial score (nSPS) is 18.4. The summed E-state index contributed by atoms with van der Waals surface area (Å²) in [5.41, 5.74) is 0.641. The highest BCUT2D eigenvalue weighted by molar-refractivity contribution is 5.84. The Kier molecular flexibility index (Phi) is 5.85. The maximum Gasteiger partial charge on any atom is 0.337 e. The summed E-state index contributed by atoms with van der Waals surface area (Å²) >= 11 is 0. The molecule has 150 valence electrons. The topological polar surface area (TPSA) is 107 Å². The molecule has 1 aliphatic heterocycles. The van der Waals surface area contributed by atoms with Gasteiger partial charge in [-0.2, -0.15) is 4.98 Å². The van der Waals surface area contributed by atoms with Gasteiger partial charge in [0.1, 0.15) is 5.39 Å². The molecule has 0 bridgehead atoms. The molecule has 2 aromatic rings. The number of aromatic nitrogens is 2. The standard InChI is InChI=1S/C20H25N3O5/c24-16-12-14(7-6-13-4-2-1-3-5-13)17-18(25)21-20(22-19(17)27-16)28-23-15-8-10-26-11-9-15/h12-13H,1-11H2,(H,21,22,25). The van der Waals surface area contributed by atoms with E-state index in [0.717, 1.165) is 12.1 Å². The molecule has 0 unspecified atom stereocenters. The maximum absolute atomic E-state index is 12.6. The van der Waals surface area contributed by atoms with Crippen molar-refractivity contribution in [3.63, 3.8) is 0 Å². The van der Waals surface area contributed by atoms with Gasteiger partial charge in [0.15, 0.2) is 0 Å². The van der Waals surface area contributed by atoms with Crippen molar-refractivity contribution in [1.29, 1.82) is 0 Å². The average molecular weight is 387 g/mol. The van der Waals surface area contributed by atoms with Crippen LogP contribution in [0.3, 0.4) is 0 Å². The lowest BCUT2D eigenvalue weighted by atomic mass is 9.85. The van der Waals surface area contributed by atoms with E-state index in [1.165, 1.54) is 38.2 Å². The molecule has 1 aliphatic carbocycles. The number of hydrogen-bond acceptors (Lipinski definition) is 7. The van der Waals surface area contributed by atoms with Gasteiger partial charge >= 0.3 is 11.6 Å². The largest absolute Gasteiger partial charge is 0.403 e. The van der Waals surface area contributed by atoms with E-state index in [0.29, 0.717) is 49.3 Å². The minimum Gasteiger partial charge on any atom is -0.403 e. The quantitative estimate of drug-likeness (QED) is 0.791. The first kappa shape index (κ1) is 18.9. The first-order valence-corrected chi connectivity index (χ1v) is 10.1. The fraction of sp³-hybridized carbons (Fsp3) is 0.600. The van der Waals surface area contributed by atoms with Crippen LogP contribution in [-0.2, 0) is 11.2 Å². The summed E-state index contributed by atoms with van der Waals surface area (Å²) in [6, 6.07) is 1.33. The van der Waals surface area contributed by atoms with Crippen LogP contribution in [0.15, 0.2) is 25.2 Å². The first-order valence-electron chi connectivity index (χ1n) is 10.1. The van der Waals surface area contributed by atoms with E-state index in [-0.39, 0.29) is 17.3 Å². The molecular weight excluding hydrogens is 362 g/mol. The zero-order valence-electron chi connectivity index (χ0n) is 15.9. The van der Waals surface area contributed by atoms with Crippen LogP contribution in [0.4, 0.5) is 0 Å². The second kappa shape index (κ2) is 8.68. The van der Waals surface area contributed by atoms with Gasteiger partial charge in [-0.05, 0) is 24.3 Å². The predicted octanol–water partition coefficient (Wildman–Crippen LogP) is 2.93. The predicted molar refractivity (Wildman–Crippen MR) is 104 cm³/mol. The van der Waals surface area contributed by atoms with Crippen molar-refractivity contribution in [2.45, 2.75) is 57.8 Å². The van der Waals surface area contributed by atoms with E-state index in [9.17, 15) is 9.59 Å². The van der Waals surface area contributed by atoms with Gasteiger partial charge in [0.25, 0.3) is 5.56 Å². The molecule has 0 radical (unpaired) electrons. The molecule has 8 heteroatoms. The number of rotatable bonds is 5. The monoisotopic (exact) mass is 387 g/mol. The van der Waals surface area contributed by atoms with E-state index >= 15 is 0 Å². The Bertz CT molecular complexity index is 964. The lowest BCUT2D eigenvalue weighted by molar-refractivity contribution is 0.132. The number of hydrogen-bond donors (Lipinski definition) is 1. The highest BCUT2D eigenvalue weighted by Crippen LogP contribution is 2.28. The first-order chi connectivity index (χ1) is 13.7. The Hall–Kier alpha value is -2.48. The summed E-state index contributed by atoms with van der Waals surface area (Å²) in [4.78, 5) is 36.6. The molecule has 0 atom stereocenters. The van der Waals surface area contributed by atoms with E-state index < -0.39 is 5.63 Å². The molecule has 0 amide bonds. The number of nitrogens with zero attached hydrogens (tertiary/aromatic N) is 2. The van der Waals surface area contributed by atoms with E-state index in [1.807, 2.05) is 0 Å². The molecular formula is C20H25N3O5. The second-order valence-corrected chi connectivity index (χ2v) is 7.55. The Morgan fingerprint density at radius 3 is 2.75 bits per heavy atom. The zero-order chi connectivity index (χ0) is 19.3. The highest BCUT2D eigenvalue weighted by Gasteiger charge is 2.17. The summed E-state index contributed by atoms with van der Waals surface area (Å²) in [7, 11) is 0. The van der Waals surface area contributed by atoms with E-state index in [1.54, 1.807) is 0 Å². The van der Waals surface area contributed by atoms with Crippen molar-refractivity contribution < 1.29 is 14.0 Å². The molecule has 1 saturated heterocycles. The smallest absolute Gasteiger partial charge is 0.337 e. The molecule has 2 aliphatic rings. The van der Waals surface area contributed by atoms with Crippen LogP contribution in [0.25, 0.3) is 11.1 Å². The van der Waals surface area contributed by atoms with Crippen molar-refractivity contribution in [3.05, 3.63) is 32.4 Å². The third kappa shape index (κ3) is 4.49. The molecule has 28 heavy (non-hydrogen) atoms. The van der Waals surface area contributed by atoms with Gasteiger partial charge in [0.05, 0.1) is 18.9 Å². The Labute approximate surface area is 161 Å².